The van der Waals surface area contributed by atoms with E-state index in [-0.39, 0.29) is 38.0 Å². The maximum Gasteiger partial charge on any atom is 0.247 e. The van der Waals surface area contributed by atoms with Gasteiger partial charge in [0.1, 0.15) is 18.0 Å². The van der Waals surface area contributed by atoms with Gasteiger partial charge >= 0.3 is 0 Å². The molecule has 2 amide bonds. The number of aliphatic hydroxyl groups is 3. The number of halogens is 1. The second-order valence-electron chi connectivity index (χ2n) is 10.5. The molecule has 0 spiro atoms. The summed E-state index contributed by atoms with van der Waals surface area (Å²) >= 11 is 2.07. The predicted molar refractivity (Wildman–Crippen MR) is 164 cm³/mol. The molecule has 3 atom stereocenters. The van der Waals surface area contributed by atoms with Crippen LogP contribution in [-0.4, -0.2) is 84.2 Å². The molecule has 228 valence electrons. The molecule has 42 heavy (non-hydrogen) atoms. The number of carbonyl (C=O) groups is 2. The number of methoxy groups -OCH3 is 2. The van der Waals surface area contributed by atoms with Crippen molar-refractivity contribution in [3.63, 3.8) is 0 Å². The maximum absolute atomic E-state index is 13.8. The summed E-state index contributed by atoms with van der Waals surface area (Å²) in [6.07, 6.45) is 2.70. The zero-order valence-corrected chi connectivity index (χ0v) is 26.1. The number of benzene rings is 2. The number of nitrogens with zero attached hydrogens (tertiary/aromatic N) is 1. The van der Waals surface area contributed by atoms with Crippen LogP contribution in [0.1, 0.15) is 36.8 Å². The van der Waals surface area contributed by atoms with Gasteiger partial charge in [0.25, 0.3) is 0 Å². The first-order valence-corrected chi connectivity index (χ1v) is 15.2. The Morgan fingerprint density at radius 2 is 1.88 bits per heavy atom. The van der Waals surface area contributed by atoms with Crippen molar-refractivity contribution in [3.8, 4) is 17.2 Å². The van der Waals surface area contributed by atoms with Crippen LogP contribution < -0.4 is 19.5 Å². The number of nitrogens with one attached hydrogen (secondary N) is 1. The summed E-state index contributed by atoms with van der Waals surface area (Å²) in [5.41, 5.74) is 1.98. The van der Waals surface area contributed by atoms with Crippen molar-refractivity contribution in [2.75, 3.05) is 33.9 Å². The number of hydrogen-bond acceptors (Lipinski definition) is 8. The number of rotatable bonds is 13. The Balaban J connectivity index is 1.68. The Hall–Kier alpha value is -2.87. The largest absolute Gasteiger partial charge is 0.497 e. The third-order valence-corrected chi connectivity index (χ3v) is 8.65. The highest BCUT2D eigenvalue weighted by Gasteiger charge is 2.43. The van der Waals surface area contributed by atoms with Gasteiger partial charge in [-0.05, 0) is 83.3 Å². The summed E-state index contributed by atoms with van der Waals surface area (Å²) in [6, 6.07) is 10.3. The summed E-state index contributed by atoms with van der Waals surface area (Å²) in [6.45, 7) is 0.0180. The van der Waals surface area contributed by atoms with Crippen LogP contribution in [0, 0.1) is 9.49 Å². The van der Waals surface area contributed by atoms with Gasteiger partial charge in [0, 0.05) is 31.0 Å². The smallest absolute Gasteiger partial charge is 0.247 e. The zero-order chi connectivity index (χ0) is 30.2. The van der Waals surface area contributed by atoms with Gasteiger partial charge in [0.05, 0.1) is 37.0 Å². The molecule has 4 N–H and O–H groups in total. The highest BCUT2D eigenvalue weighted by Crippen LogP contribution is 2.38. The van der Waals surface area contributed by atoms with Gasteiger partial charge < -0.3 is 39.7 Å². The third-order valence-electron chi connectivity index (χ3n) is 7.85. The van der Waals surface area contributed by atoms with Gasteiger partial charge in [-0.2, -0.15) is 0 Å². The molecule has 4 rings (SSSR count). The monoisotopic (exact) mass is 694 g/mol. The summed E-state index contributed by atoms with van der Waals surface area (Å²) in [5, 5.41) is 33.3. The quantitative estimate of drug-likeness (QED) is 0.235. The Bertz CT molecular complexity index is 1280. The summed E-state index contributed by atoms with van der Waals surface area (Å²) < 4.78 is 17.9. The molecule has 0 aliphatic heterocycles. The van der Waals surface area contributed by atoms with E-state index >= 15 is 0 Å². The average Bonchev–Trinajstić information content (AvgIpc) is 2.97. The van der Waals surface area contributed by atoms with Crippen LogP contribution in [0.25, 0.3) is 0 Å². The molecule has 0 bridgehead atoms. The van der Waals surface area contributed by atoms with Crippen molar-refractivity contribution in [2.24, 2.45) is 5.92 Å². The highest BCUT2D eigenvalue weighted by atomic mass is 127. The Labute approximate surface area is 259 Å². The molecule has 0 radical (unpaired) electrons. The summed E-state index contributed by atoms with van der Waals surface area (Å²) in [4.78, 5) is 28.6. The predicted octanol–water partition coefficient (Wildman–Crippen LogP) is 2.59. The average molecular weight is 695 g/mol. The SMILES string of the molecule is COc1cccc(CCN(C(=O)C2CCC2)[C@@H]2CC(C(=O)NCCO)=C[C@H](Oc3c(I)cc(CO)cc3OC)[C@H]2O)c1. The van der Waals surface area contributed by atoms with Crippen molar-refractivity contribution >= 4 is 34.4 Å². The molecule has 2 aromatic rings. The lowest BCUT2D eigenvalue weighted by atomic mass is 9.82. The normalized spacial score (nSPS) is 20.2. The number of carbonyl (C=O) groups excluding carboxylic acids is 2. The van der Waals surface area contributed by atoms with Gasteiger partial charge in [-0.25, -0.2) is 0 Å². The van der Waals surface area contributed by atoms with E-state index in [4.69, 9.17) is 14.2 Å². The van der Waals surface area contributed by atoms with Crippen molar-refractivity contribution in [3.05, 3.63) is 62.7 Å². The first-order chi connectivity index (χ1) is 20.3. The van der Waals surface area contributed by atoms with E-state index in [0.717, 1.165) is 30.6 Å². The van der Waals surface area contributed by atoms with Gasteiger partial charge in [0.2, 0.25) is 11.8 Å². The third kappa shape index (κ3) is 7.55. The fourth-order valence-electron chi connectivity index (χ4n) is 5.30. The number of aliphatic hydroxyl groups excluding tert-OH is 3. The minimum Gasteiger partial charge on any atom is -0.497 e. The van der Waals surface area contributed by atoms with E-state index in [1.807, 2.05) is 24.3 Å². The minimum absolute atomic E-state index is 0.0385. The van der Waals surface area contributed by atoms with Crippen LogP contribution >= 0.6 is 22.6 Å². The van der Waals surface area contributed by atoms with Crippen LogP contribution in [0.15, 0.2) is 48.0 Å². The molecule has 1 fully saturated rings. The van der Waals surface area contributed by atoms with Crippen molar-refractivity contribution < 1.29 is 39.1 Å². The molecule has 0 unspecified atom stereocenters. The van der Waals surface area contributed by atoms with Crippen LogP contribution in [0.5, 0.6) is 17.2 Å². The first-order valence-electron chi connectivity index (χ1n) is 14.1. The van der Waals surface area contributed by atoms with Gasteiger partial charge in [-0.15, -0.1) is 0 Å². The van der Waals surface area contributed by atoms with E-state index in [9.17, 15) is 24.9 Å². The van der Waals surface area contributed by atoms with Crippen molar-refractivity contribution in [2.45, 2.75) is 57.0 Å². The van der Waals surface area contributed by atoms with Crippen molar-refractivity contribution in [1.82, 2.24) is 10.2 Å². The molecule has 2 aliphatic rings. The van der Waals surface area contributed by atoms with E-state index in [2.05, 4.69) is 27.9 Å². The molecule has 0 saturated heterocycles. The van der Waals surface area contributed by atoms with Gasteiger partial charge in [-0.3, -0.25) is 9.59 Å². The van der Waals surface area contributed by atoms with Gasteiger partial charge in [-0.1, -0.05) is 18.6 Å². The van der Waals surface area contributed by atoms with Crippen molar-refractivity contribution in [1.29, 1.82) is 0 Å². The second-order valence-corrected chi connectivity index (χ2v) is 11.7. The number of amides is 2. The van der Waals surface area contributed by atoms with E-state index < -0.39 is 24.2 Å². The first kappa shape index (κ1) is 32.1. The second kappa shape index (κ2) is 15.0. The molecule has 10 nitrogen and oxygen atoms in total. The van der Waals surface area contributed by atoms with Crippen LogP contribution in [0.2, 0.25) is 0 Å². The lowest BCUT2D eigenvalue weighted by Crippen LogP contribution is -2.57. The Morgan fingerprint density at radius 1 is 1.10 bits per heavy atom. The molecular formula is C31H39IN2O8. The maximum atomic E-state index is 13.8. The fraction of sp³-hybridized carbons (Fsp3) is 0.484. The molecule has 0 heterocycles. The standard InChI is InChI=1S/C31H39IN2O8/c1-40-23-8-3-5-19(13-23)9-11-34(31(39)21-6-4-7-21)25-16-22(30(38)33-10-12-35)17-26(28(25)37)42-29-24(32)14-20(18-36)15-27(29)41-2/h3,5,8,13-15,17,21,25-26,28,35-37H,4,6-7,9-12,16,18H2,1-2H3,(H,33,38)/t25-,26+,28+/m1/s1. The Morgan fingerprint density at radius 3 is 2.52 bits per heavy atom. The zero-order valence-electron chi connectivity index (χ0n) is 23.9. The minimum atomic E-state index is -1.15. The lowest BCUT2D eigenvalue weighted by molar-refractivity contribution is -0.145. The lowest BCUT2D eigenvalue weighted by Gasteiger charge is -2.43. The highest BCUT2D eigenvalue weighted by molar-refractivity contribution is 14.1. The van der Waals surface area contributed by atoms with E-state index in [1.54, 1.807) is 30.2 Å². The topological polar surface area (TPSA) is 138 Å². The molecule has 11 heteroatoms. The molecular weight excluding hydrogens is 655 g/mol. The Kier molecular flexibility index (Phi) is 11.5. The molecule has 1 saturated carbocycles. The fourth-order valence-corrected chi connectivity index (χ4v) is 6.09. The van der Waals surface area contributed by atoms with Crippen LogP contribution in [0.3, 0.4) is 0 Å². The van der Waals surface area contributed by atoms with E-state index in [0.29, 0.717) is 39.2 Å². The summed E-state index contributed by atoms with van der Waals surface area (Å²) in [7, 11) is 3.09. The van der Waals surface area contributed by atoms with Crippen LogP contribution in [-0.2, 0) is 22.6 Å². The number of hydrogen-bond donors (Lipinski definition) is 4. The number of ether oxygens (including phenoxy) is 3. The molecule has 2 aromatic carbocycles. The molecule has 2 aliphatic carbocycles. The van der Waals surface area contributed by atoms with Crippen LogP contribution in [0.4, 0.5) is 0 Å². The molecule has 0 aromatic heterocycles. The summed E-state index contributed by atoms with van der Waals surface area (Å²) in [5.74, 6) is 0.905. The van der Waals surface area contributed by atoms with E-state index in [1.165, 1.54) is 7.11 Å². The van der Waals surface area contributed by atoms with Gasteiger partial charge in [0.15, 0.2) is 11.5 Å².